The van der Waals surface area contributed by atoms with E-state index in [2.05, 4.69) is 5.32 Å². The maximum atomic E-state index is 11.9. The topological polar surface area (TPSA) is 69.6 Å². The lowest BCUT2D eigenvalue weighted by Gasteiger charge is -2.29. The molecule has 0 aliphatic carbocycles. The highest BCUT2D eigenvalue weighted by Crippen LogP contribution is 2.05. The van der Waals surface area contributed by atoms with Crippen molar-refractivity contribution in [3.8, 4) is 0 Å². The van der Waals surface area contributed by atoms with E-state index in [1.165, 1.54) is 4.90 Å². The van der Waals surface area contributed by atoms with Crippen molar-refractivity contribution in [3.05, 3.63) is 0 Å². The normalized spacial score (nSPS) is 13.2. The van der Waals surface area contributed by atoms with Gasteiger partial charge in [-0.05, 0) is 34.1 Å². The maximum Gasteiger partial charge on any atom is 0.323 e. The molecule has 1 amide bonds. The minimum atomic E-state index is -0.977. The quantitative estimate of drug-likeness (QED) is 0.733. The number of hydrogen-bond acceptors (Lipinski definition) is 3. The van der Waals surface area contributed by atoms with Crippen LogP contribution in [-0.4, -0.2) is 46.6 Å². The SMILES string of the molecule is CCC(C)N(CC(=O)O)C(=O)CNC(C)(C)C. The minimum absolute atomic E-state index is 0.0552. The molecule has 0 heterocycles. The Balaban J connectivity index is 4.48. The Bertz CT molecular complexity index is 271. The molecule has 0 aromatic rings. The van der Waals surface area contributed by atoms with Gasteiger partial charge in [0.2, 0.25) is 5.91 Å². The van der Waals surface area contributed by atoms with E-state index in [0.717, 1.165) is 6.42 Å². The summed E-state index contributed by atoms with van der Waals surface area (Å²) in [6, 6.07) is -0.0552. The highest BCUT2D eigenvalue weighted by molar-refractivity contribution is 5.83. The molecule has 5 heteroatoms. The van der Waals surface area contributed by atoms with Gasteiger partial charge in [-0.1, -0.05) is 6.92 Å². The number of amides is 1. The predicted molar refractivity (Wildman–Crippen MR) is 66.9 cm³/mol. The Morgan fingerprint density at radius 1 is 1.35 bits per heavy atom. The summed E-state index contributed by atoms with van der Waals surface area (Å²) in [4.78, 5) is 24.1. The first kappa shape index (κ1) is 15.9. The van der Waals surface area contributed by atoms with Crippen molar-refractivity contribution in [2.24, 2.45) is 0 Å². The van der Waals surface area contributed by atoms with E-state index in [-0.39, 0.29) is 30.6 Å². The van der Waals surface area contributed by atoms with Crippen LogP contribution in [0.4, 0.5) is 0 Å². The van der Waals surface area contributed by atoms with Gasteiger partial charge in [-0.2, -0.15) is 0 Å². The summed E-state index contributed by atoms with van der Waals surface area (Å²) in [5, 5.41) is 11.9. The zero-order valence-electron chi connectivity index (χ0n) is 11.4. The Hall–Kier alpha value is -1.10. The van der Waals surface area contributed by atoms with Crippen LogP contribution in [0.2, 0.25) is 0 Å². The van der Waals surface area contributed by atoms with Crippen LogP contribution in [0.3, 0.4) is 0 Å². The minimum Gasteiger partial charge on any atom is -0.480 e. The van der Waals surface area contributed by atoms with Gasteiger partial charge in [0.15, 0.2) is 0 Å². The molecule has 0 spiro atoms. The molecule has 17 heavy (non-hydrogen) atoms. The van der Waals surface area contributed by atoms with Crippen molar-refractivity contribution < 1.29 is 14.7 Å². The molecule has 1 unspecified atom stereocenters. The molecule has 0 radical (unpaired) electrons. The highest BCUT2D eigenvalue weighted by atomic mass is 16.4. The summed E-state index contributed by atoms with van der Waals surface area (Å²) >= 11 is 0. The van der Waals surface area contributed by atoms with Gasteiger partial charge in [-0.15, -0.1) is 0 Å². The third-order valence-corrected chi connectivity index (χ3v) is 2.52. The molecule has 0 fully saturated rings. The second-order valence-electron chi connectivity index (χ2n) is 5.28. The van der Waals surface area contributed by atoms with Crippen LogP contribution in [0.1, 0.15) is 41.0 Å². The van der Waals surface area contributed by atoms with Crippen LogP contribution in [0.5, 0.6) is 0 Å². The maximum absolute atomic E-state index is 11.9. The Kier molecular flexibility index (Phi) is 6.16. The molecule has 5 nitrogen and oxygen atoms in total. The van der Waals surface area contributed by atoms with E-state index < -0.39 is 5.97 Å². The van der Waals surface area contributed by atoms with Crippen molar-refractivity contribution >= 4 is 11.9 Å². The van der Waals surface area contributed by atoms with Crippen LogP contribution in [0.15, 0.2) is 0 Å². The molecule has 0 aliphatic heterocycles. The molecule has 2 N–H and O–H groups in total. The van der Waals surface area contributed by atoms with Crippen LogP contribution in [-0.2, 0) is 9.59 Å². The van der Waals surface area contributed by atoms with Crippen molar-refractivity contribution in [1.82, 2.24) is 10.2 Å². The average molecular weight is 244 g/mol. The van der Waals surface area contributed by atoms with E-state index in [9.17, 15) is 9.59 Å². The summed E-state index contributed by atoms with van der Waals surface area (Å²) in [6.45, 7) is 9.61. The lowest BCUT2D eigenvalue weighted by Crippen LogP contribution is -2.49. The number of carbonyl (C=O) groups is 2. The third-order valence-electron chi connectivity index (χ3n) is 2.52. The first-order chi connectivity index (χ1) is 7.67. The Labute approximate surface area is 103 Å². The van der Waals surface area contributed by atoms with Gasteiger partial charge < -0.3 is 15.3 Å². The van der Waals surface area contributed by atoms with Gasteiger partial charge in [-0.3, -0.25) is 9.59 Å². The molecule has 0 aromatic carbocycles. The van der Waals surface area contributed by atoms with Gasteiger partial charge in [0, 0.05) is 11.6 Å². The van der Waals surface area contributed by atoms with Crippen molar-refractivity contribution in [2.75, 3.05) is 13.1 Å². The third kappa shape index (κ3) is 6.94. The molecule has 0 bridgehead atoms. The predicted octanol–water partition coefficient (Wildman–Crippen LogP) is 1.09. The van der Waals surface area contributed by atoms with E-state index in [1.54, 1.807) is 0 Å². The average Bonchev–Trinajstić information content (AvgIpc) is 2.20. The number of nitrogens with zero attached hydrogens (tertiary/aromatic N) is 1. The van der Waals surface area contributed by atoms with E-state index in [4.69, 9.17) is 5.11 Å². The molecule has 0 saturated heterocycles. The van der Waals surface area contributed by atoms with Crippen molar-refractivity contribution in [2.45, 2.75) is 52.6 Å². The molecule has 0 aromatic heterocycles. The lowest BCUT2D eigenvalue weighted by atomic mass is 10.1. The van der Waals surface area contributed by atoms with Gasteiger partial charge >= 0.3 is 5.97 Å². The number of nitrogens with one attached hydrogen (secondary N) is 1. The van der Waals surface area contributed by atoms with E-state index in [0.29, 0.717) is 0 Å². The van der Waals surface area contributed by atoms with E-state index in [1.807, 2.05) is 34.6 Å². The fraction of sp³-hybridized carbons (Fsp3) is 0.833. The molecule has 0 rings (SSSR count). The smallest absolute Gasteiger partial charge is 0.323 e. The fourth-order valence-corrected chi connectivity index (χ4v) is 1.30. The number of carboxylic acids is 1. The molecule has 0 aliphatic rings. The molecule has 1 atom stereocenters. The monoisotopic (exact) mass is 244 g/mol. The summed E-state index contributed by atoms with van der Waals surface area (Å²) < 4.78 is 0. The summed E-state index contributed by atoms with van der Waals surface area (Å²) in [5.41, 5.74) is -0.153. The van der Waals surface area contributed by atoms with Crippen LogP contribution >= 0.6 is 0 Å². The number of rotatable bonds is 6. The summed E-state index contributed by atoms with van der Waals surface area (Å²) in [7, 11) is 0. The highest BCUT2D eigenvalue weighted by Gasteiger charge is 2.22. The van der Waals surface area contributed by atoms with E-state index >= 15 is 0 Å². The zero-order valence-corrected chi connectivity index (χ0v) is 11.4. The van der Waals surface area contributed by atoms with Gasteiger partial charge in [0.25, 0.3) is 0 Å². The zero-order chi connectivity index (χ0) is 13.6. The van der Waals surface area contributed by atoms with Crippen molar-refractivity contribution in [3.63, 3.8) is 0 Å². The number of carbonyl (C=O) groups excluding carboxylic acids is 1. The number of carboxylic acid groups (broad SMARTS) is 1. The Morgan fingerprint density at radius 2 is 1.88 bits per heavy atom. The second kappa shape index (κ2) is 6.59. The summed E-state index contributed by atoms with van der Waals surface area (Å²) in [5.74, 6) is -1.15. The molecular weight excluding hydrogens is 220 g/mol. The standard InChI is InChI=1S/C12H24N2O3/c1-6-9(2)14(8-11(16)17)10(15)7-13-12(3,4)5/h9,13H,6-8H2,1-5H3,(H,16,17). The van der Waals surface area contributed by atoms with Gasteiger partial charge in [0.05, 0.1) is 6.54 Å². The first-order valence-electron chi connectivity index (χ1n) is 5.93. The van der Waals surface area contributed by atoms with Crippen LogP contribution in [0.25, 0.3) is 0 Å². The number of hydrogen-bond donors (Lipinski definition) is 2. The van der Waals surface area contributed by atoms with Crippen LogP contribution in [0, 0.1) is 0 Å². The van der Waals surface area contributed by atoms with Gasteiger partial charge in [-0.25, -0.2) is 0 Å². The number of aliphatic carboxylic acids is 1. The van der Waals surface area contributed by atoms with Crippen molar-refractivity contribution in [1.29, 1.82) is 0 Å². The largest absolute Gasteiger partial charge is 0.480 e. The first-order valence-corrected chi connectivity index (χ1v) is 5.93. The second-order valence-corrected chi connectivity index (χ2v) is 5.28. The molecule has 0 saturated carbocycles. The fourth-order valence-electron chi connectivity index (χ4n) is 1.30. The van der Waals surface area contributed by atoms with Crippen LogP contribution < -0.4 is 5.32 Å². The molecule has 100 valence electrons. The lowest BCUT2D eigenvalue weighted by molar-refractivity contribution is -0.145. The molecular formula is C12H24N2O3. The Morgan fingerprint density at radius 3 is 2.24 bits per heavy atom. The van der Waals surface area contributed by atoms with Gasteiger partial charge in [0.1, 0.15) is 6.54 Å². The summed E-state index contributed by atoms with van der Waals surface area (Å²) in [6.07, 6.45) is 0.745.